The van der Waals surface area contributed by atoms with E-state index in [9.17, 15) is 0 Å². The van der Waals surface area contributed by atoms with E-state index in [1.807, 2.05) is 11.3 Å². The monoisotopic (exact) mass is 165 g/mol. The molecule has 58 valence electrons. The van der Waals surface area contributed by atoms with Crippen molar-refractivity contribution < 1.29 is 0 Å². The molecule has 1 N–H and O–H groups in total. The summed E-state index contributed by atoms with van der Waals surface area (Å²) in [5.74, 6) is 0. The number of nitrogens with one attached hydrogen (secondary N) is 1. The van der Waals surface area contributed by atoms with Gasteiger partial charge in [-0.05, 0) is 17.9 Å². The van der Waals surface area contributed by atoms with Gasteiger partial charge in [-0.25, -0.2) is 0 Å². The van der Waals surface area contributed by atoms with Crippen LogP contribution in [0.1, 0.15) is 17.3 Å². The second-order valence-corrected chi connectivity index (χ2v) is 3.66. The van der Waals surface area contributed by atoms with E-state index in [4.69, 9.17) is 0 Å². The standard InChI is InChI=1S/C9H11NS/c1-2-6-10-8(4-1)9-5-3-7-11-9/h1-3,5,7-8,10H,4,6H2. The summed E-state index contributed by atoms with van der Waals surface area (Å²) in [5, 5.41) is 5.58. The molecule has 0 saturated carbocycles. The molecule has 0 radical (unpaired) electrons. The Labute approximate surface area is 70.8 Å². The molecule has 0 saturated heterocycles. The minimum atomic E-state index is 0.569. The van der Waals surface area contributed by atoms with Crippen LogP contribution < -0.4 is 5.32 Å². The number of rotatable bonds is 1. The van der Waals surface area contributed by atoms with Crippen molar-refractivity contribution in [1.82, 2.24) is 5.32 Å². The molecule has 0 bridgehead atoms. The normalized spacial score (nSPS) is 23.8. The van der Waals surface area contributed by atoms with Crippen molar-refractivity contribution in [3.8, 4) is 0 Å². The first-order valence-electron chi connectivity index (χ1n) is 3.88. The van der Waals surface area contributed by atoms with Crippen LogP contribution >= 0.6 is 11.3 Å². The molecular weight excluding hydrogens is 154 g/mol. The summed E-state index contributed by atoms with van der Waals surface area (Å²) in [6.45, 7) is 1.02. The summed E-state index contributed by atoms with van der Waals surface area (Å²) >= 11 is 1.83. The van der Waals surface area contributed by atoms with Crippen molar-refractivity contribution in [3.05, 3.63) is 34.5 Å². The SMILES string of the molecule is C1=CCC(c2cccs2)NC1. The molecule has 2 rings (SSSR count). The topological polar surface area (TPSA) is 12.0 Å². The number of hydrogen-bond acceptors (Lipinski definition) is 2. The molecule has 0 aliphatic carbocycles. The molecule has 1 aromatic rings. The van der Waals surface area contributed by atoms with Crippen molar-refractivity contribution >= 4 is 11.3 Å². The van der Waals surface area contributed by atoms with Crippen LogP contribution in [0.2, 0.25) is 0 Å². The Balaban J connectivity index is 2.11. The van der Waals surface area contributed by atoms with Gasteiger partial charge in [-0.3, -0.25) is 0 Å². The van der Waals surface area contributed by atoms with Crippen LogP contribution in [0.25, 0.3) is 0 Å². The molecule has 2 heteroatoms. The maximum atomic E-state index is 3.45. The van der Waals surface area contributed by atoms with Crippen molar-refractivity contribution in [2.45, 2.75) is 12.5 Å². The van der Waals surface area contributed by atoms with E-state index in [0.717, 1.165) is 13.0 Å². The van der Waals surface area contributed by atoms with Crippen LogP contribution in [-0.2, 0) is 0 Å². The highest BCUT2D eigenvalue weighted by Crippen LogP contribution is 2.23. The van der Waals surface area contributed by atoms with Gasteiger partial charge in [0.05, 0.1) is 0 Å². The molecular formula is C9H11NS. The van der Waals surface area contributed by atoms with Crippen molar-refractivity contribution in [3.63, 3.8) is 0 Å². The highest BCUT2D eigenvalue weighted by molar-refractivity contribution is 7.10. The summed E-state index contributed by atoms with van der Waals surface area (Å²) in [5.41, 5.74) is 0. The Bertz CT molecular complexity index is 238. The van der Waals surface area contributed by atoms with Crippen molar-refractivity contribution in [2.24, 2.45) is 0 Å². The fourth-order valence-corrected chi connectivity index (χ4v) is 2.13. The first-order valence-corrected chi connectivity index (χ1v) is 4.76. The Morgan fingerprint density at radius 2 is 2.45 bits per heavy atom. The lowest BCUT2D eigenvalue weighted by molar-refractivity contribution is 0.563. The van der Waals surface area contributed by atoms with E-state index in [1.165, 1.54) is 4.88 Å². The molecule has 1 aromatic heterocycles. The molecule has 1 atom stereocenters. The third-order valence-electron chi connectivity index (χ3n) is 1.91. The van der Waals surface area contributed by atoms with Gasteiger partial charge in [0.1, 0.15) is 0 Å². The van der Waals surface area contributed by atoms with Crippen LogP contribution in [0.15, 0.2) is 29.7 Å². The predicted octanol–water partition coefficient (Wildman–Crippen LogP) is 2.34. The summed E-state index contributed by atoms with van der Waals surface area (Å²) in [4.78, 5) is 1.45. The first kappa shape index (κ1) is 7.07. The van der Waals surface area contributed by atoms with Crippen LogP contribution in [0.3, 0.4) is 0 Å². The summed E-state index contributed by atoms with van der Waals surface area (Å²) in [6.07, 6.45) is 5.57. The first-order chi connectivity index (χ1) is 5.47. The molecule has 1 aliphatic heterocycles. The lowest BCUT2D eigenvalue weighted by Gasteiger charge is -2.17. The molecule has 0 aromatic carbocycles. The van der Waals surface area contributed by atoms with E-state index in [-0.39, 0.29) is 0 Å². The second kappa shape index (κ2) is 3.20. The van der Waals surface area contributed by atoms with Gasteiger partial charge in [-0.15, -0.1) is 11.3 Å². The van der Waals surface area contributed by atoms with Gasteiger partial charge in [-0.2, -0.15) is 0 Å². The minimum Gasteiger partial charge on any atom is -0.305 e. The molecule has 1 aliphatic rings. The van der Waals surface area contributed by atoms with Gasteiger partial charge in [0.2, 0.25) is 0 Å². The summed E-state index contributed by atoms with van der Waals surface area (Å²) in [7, 11) is 0. The molecule has 0 spiro atoms. The molecule has 11 heavy (non-hydrogen) atoms. The third-order valence-corrected chi connectivity index (χ3v) is 2.89. The molecule has 1 unspecified atom stereocenters. The van der Waals surface area contributed by atoms with E-state index < -0.39 is 0 Å². The Morgan fingerprint density at radius 3 is 3.09 bits per heavy atom. The lowest BCUT2D eigenvalue weighted by Crippen LogP contribution is -2.22. The fraction of sp³-hybridized carbons (Fsp3) is 0.333. The maximum Gasteiger partial charge on any atom is 0.0452 e. The second-order valence-electron chi connectivity index (χ2n) is 2.68. The van der Waals surface area contributed by atoms with E-state index in [2.05, 4.69) is 35.0 Å². The maximum absolute atomic E-state index is 3.45. The summed E-state index contributed by atoms with van der Waals surface area (Å²) in [6, 6.07) is 4.88. The van der Waals surface area contributed by atoms with Gasteiger partial charge in [0.15, 0.2) is 0 Å². The third kappa shape index (κ3) is 1.52. The van der Waals surface area contributed by atoms with Crippen LogP contribution in [0, 0.1) is 0 Å². The van der Waals surface area contributed by atoms with E-state index >= 15 is 0 Å². The minimum absolute atomic E-state index is 0.569. The molecule has 0 fully saturated rings. The van der Waals surface area contributed by atoms with Crippen molar-refractivity contribution in [2.75, 3.05) is 6.54 Å². The van der Waals surface area contributed by atoms with Crippen molar-refractivity contribution in [1.29, 1.82) is 0 Å². The Hall–Kier alpha value is -0.600. The van der Waals surface area contributed by atoms with Gasteiger partial charge >= 0.3 is 0 Å². The zero-order valence-electron chi connectivity index (χ0n) is 6.29. The van der Waals surface area contributed by atoms with Crippen LogP contribution in [0.4, 0.5) is 0 Å². The quantitative estimate of drug-likeness (QED) is 0.630. The largest absolute Gasteiger partial charge is 0.305 e. The zero-order chi connectivity index (χ0) is 7.52. The Morgan fingerprint density at radius 1 is 1.45 bits per heavy atom. The van der Waals surface area contributed by atoms with Gasteiger partial charge in [0.25, 0.3) is 0 Å². The smallest absolute Gasteiger partial charge is 0.0452 e. The molecule has 0 amide bonds. The summed E-state index contributed by atoms with van der Waals surface area (Å²) < 4.78 is 0. The molecule has 2 heterocycles. The average Bonchev–Trinajstić information content (AvgIpc) is 2.58. The highest BCUT2D eigenvalue weighted by Gasteiger charge is 2.11. The van der Waals surface area contributed by atoms with E-state index in [1.54, 1.807) is 0 Å². The average molecular weight is 165 g/mol. The van der Waals surface area contributed by atoms with Gasteiger partial charge in [0, 0.05) is 17.5 Å². The van der Waals surface area contributed by atoms with Crippen LogP contribution in [-0.4, -0.2) is 6.54 Å². The van der Waals surface area contributed by atoms with Gasteiger partial charge in [-0.1, -0.05) is 18.2 Å². The number of hydrogen-bond donors (Lipinski definition) is 1. The number of thiophene rings is 1. The van der Waals surface area contributed by atoms with E-state index in [0.29, 0.717) is 6.04 Å². The lowest BCUT2D eigenvalue weighted by atomic mass is 10.1. The Kier molecular flexibility index (Phi) is 2.06. The zero-order valence-corrected chi connectivity index (χ0v) is 7.10. The fourth-order valence-electron chi connectivity index (χ4n) is 1.32. The molecule has 1 nitrogen and oxygen atoms in total. The highest BCUT2D eigenvalue weighted by atomic mass is 32.1. The predicted molar refractivity (Wildman–Crippen MR) is 48.8 cm³/mol. The van der Waals surface area contributed by atoms with Crippen LogP contribution in [0.5, 0.6) is 0 Å². The van der Waals surface area contributed by atoms with Gasteiger partial charge < -0.3 is 5.32 Å².